The van der Waals surface area contributed by atoms with Crippen LogP contribution in [-0.2, 0) is 9.53 Å². The lowest BCUT2D eigenvalue weighted by Gasteiger charge is -2.34. The highest BCUT2D eigenvalue weighted by Gasteiger charge is 2.58. The number of alkyl halides is 5. The first-order chi connectivity index (χ1) is 18.8. The van der Waals surface area contributed by atoms with E-state index >= 15 is 0 Å². The van der Waals surface area contributed by atoms with E-state index in [-0.39, 0.29) is 37.4 Å². The van der Waals surface area contributed by atoms with Gasteiger partial charge in [-0.3, -0.25) is 9.69 Å². The van der Waals surface area contributed by atoms with E-state index in [0.717, 1.165) is 10.5 Å². The van der Waals surface area contributed by atoms with Crippen LogP contribution in [0.15, 0.2) is 36.7 Å². The maximum absolute atomic E-state index is 13.3. The number of rotatable bonds is 8. The molecule has 2 aliphatic heterocycles. The van der Waals surface area contributed by atoms with Gasteiger partial charge in [-0.1, -0.05) is 12.1 Å². The topological polar surface area (TPSA) is 84.9 Å². The number of hydrogen-bond acceptors (Lipinski definition) is 7. The van der Waals surface area contributed by atoms with Crippen LogP contribution >= 0.6 is 0 Å². The lowest BCUT2D eigenvalue weighted by molar-refractivity contribution is -0.287. The number of amides is 1. The van der Waals surface area contributed by atoms with Crippen molar-refractivity contribution in [3.05, 3.63) is 42.2 Å². The second-order valence-corrected chi connectivity index (χ2v) is 10.4. The standard InChI is InChI=1S/C27H31F5N4O4/c1-25(24(38)39-2)10-3-11-36(25)23(37)20-6-4-19(5-7-20)21-14-34-22(15-33-21)40-16-18-8-12-35(13-9-18)17-26(28,29)27(30,31)32/h4-7,14-15,18H,3,8-13,16-17H2,1-2H3. The van der Waals surface area contributed by atoms with E-state index < -0.39 is 30.2 Å². The lowest BCUT2D eigenvalue weighted by Crippen LogP contribution is -2.51. The molecule has 40 heavy (non-hydrogen) atoms. The zero-order valence-corrected chi connectivity index (χ0v) is 22.2. The molecule has 1 unspecified atom stereocenters. The van der Waals surface area contributed by atoms with Gasteiger partial charge in [0.1, 0.15) is 5.54 Å². The number of piperidine rings is 1. The van der Waals surface area contributed by atoms with Crippen molar-refractivity contribution in [1.82, 2.24) is 19.8 Å². The first kappa shape index (κ1) is 29.6. The monoisotopic (exact) mass is 570 g/mol. The molecular formula is C27H31F5N4O4. The van der Waals surface area contributed by atoms with E-state index in [1.165, 1.54) is 19.5 Å². The van der Waals surface area contributed by atoms with Crippen molar-refractivity contribution in [2.24, 2.45) is 5.92 Å². The first-order valence-corrected chi connectivity index (χ1v) is 13.0. The van der Waals surface area contributed by atoms with Crippen LogP contribution in [0.2, 0.25) is 0 Å². The van der Waals surface area contributed by atoms with Crippen molar-refractivity contribution in [3.8, 4) is 17.1 Å². The Morgan fingerprint density at radius 1 is 1.02 bits per heavy atom. The number of hydrogen-bond donors (Lipinski definition) is 0. The molecule has 0 N–H and O–H groups in total. The Kier molecular flexibility index (Phi) is 8.62. The van der Waals surface area contributed by atoms with Gasteiger partial charge in [-0.15, -0.1) is 0 Å². The van der Waals surface area contributed by atoms with E-state index in [2.05, 4.69) is 9.97 Å². The van der Waals surface area contributed by atoms with Crippen molar-refractivity contribution in [3.63, 3.8) is 0 Å². The largest absolute Gasteiger partial charge is 0.476 e. The molecule has 0 radical (unpaired) electrons. The van der Waals surface area contributed by atoms with Gasteiger partial charge in [0.25, 0.3) is 5.91 Å². The average Bonchev–Trinajstić information content (AvgIpc) is 3.34. The number of carbonyl (C=O) groups is 2. The van der Waals surface area contributed by atoms with Gasteiger partial charge in [-0.25, -0.2) is 14.8 Å². The fourth-order valence-corrected chi connectivity index (χ4v) is 5.09. The predicted octanol–water partition coefficient (Wildman–Crippen LogP) is 4.60. The fourth-order valence-electron chi connectivity index (χ4n) is 5.09. The number of esters is 1. The first-order valence-electron chi connectivity index (χ1n) is 13.0. The molecule has 4 rings (SSSR count). The van der Waals surface area contributed by atoms with Gasteiger partial charge >= 0.3 is 18.1 Å². The smallest absolute Gasteiger partial charge is 0.454 e. The maximum atomic E-state index is 13.3. The molecule has 0 bridgehead atoms. The molecule has 3 heterocycles. The Morgan fingerprint density at radius 3 is 2.27 bits per heavy atom. The third-order valence-electron chi connectivity index (χ3n) is 7.58. The summed E-state index contributed by atoms with van der Waals surface area (Å²) in [6, 6.07) is 6.80. The molecule has 2 saturated heterocycles. The van der Waals surface area contributed by atoms with E-state index in [4.69, 9.17) is 9.47 Å². The minimum absolute atomic E-state index is 0.000960. The van der Waals surface area contributed by atoms with Gasteiger partial charge in [-0.05, 0) is 63.7 Å². The Hall–Kier alpha value is -3.35. The summed E-state index contributed by atoms with van der Waals surface area (Å²) in [7, 11) is 1.31. The molecule has 2 fully saturated rings. The third kappa shape index (κ3) is 6.34. The minimum Gasteiger partial charge on any atom is -0.476 e. The molecule has 1 amide bonds. The van der Waals surface area contributed by atoms with Crippen LogP contribution in [0.4, 0.5) is 22.0 Å². The van der Waals surface area contributed by atoms with Gasteiger partial charge in [0.15, 0.2) is 0 Å². The number of aromatic nitrogens is 2. The number of carbonyl (C=O) groups excluding carboxylic acids is 2. The normalized spacial score (nSPS) is 20.9. The zero-order valence-electron chi connectivity index (χ0n) is 22.2. The summed E-state index contributed by atoms with van der Waals surface area (Å²) in [5, 5.41) is 0. The Labute approximate surface area is 228 Å². The summed E-state index contributed by atoms with van der Waals surface area (Å²) >= 11 is 0. The highest BCUT2D eigenvalue weighted by Crippen LogP contribution is 2.37. The summed E-state index contributed by atoms with van der Waals surface area (Å²) in [6.07, 6.45) is -0.491. The average molecular weight is 571 g/mol. The molecule has 0 aliphatic carbocycles. The molecule has 1 atom stereocenters. The van der Waals surface area contributed by atoms with Crippen LogP contribution in [0.1, 0.15) is 43.0 Å². The molecule has 8 nitrogen and oxygen atoms in total. The van der Waals surface area contributed by atoms with E-state index in [1.807, 2.05) is 0 Å². The number of benzene rings is 1. The van der Waals surface area contributed by atoms with E-state index in [1.54, 1.807) is 36.1 Å². The quantitative estimate of drug-likeness (QED) is 0.339. The van der Waals surface area contributed by atoms with Gasteiger partial charge < -0.3 is 14.4 Å². The summed E-state index contributed by atoms with van der Waals surface area (Å²) in [6.45, 7) is 1.34. The molecule has 2 aromatic rings. The molecule has 2 aliphatic rings. The number of halogens is 5. The maximum Gasteiger partial charge on any atom is 0.454 e. The number of nitrogens with zero attached hydrogens (tertiary/aromatic N) is 4. The van der Waals surface area contributed by atoms with Crippen molar-refractivity contribution < 1.29 is 41.0 Å². The van der Waals surface area contributed by atoms with Crippen molar-refractivity contribution in [2.45, 2.75) is 50.2 Å². The van der Waals surface area contributed by atoms with Crippen LogP contribution in [0.3, 0.4) is 0 Å². The molecule has 0 spiro atoms. The van der Waals surface area contributed by atoms with Gasteiger partial charge in [0, 0.05) is 17.7 Å². The Bertz CT molecular complexity index is 1180. The van der Waals surface area contributed by atoms with Crippen LogP contribution in [0, 0.1) is 5.92 Å². The molecular weight excluding hydrogens is 539 g/mol. The van der Waals surface area contributed by atoms with Crippen molar-refractivity contribution in [1.29, 1.82) is 0 Å². The van der Waals surface area contributed by atoms with E-state index in [0.29, 0.717) is 43.5 Å². The van der Waals surface area contributed by atoms with Gasteiger partial charge in [-0.2, -0.15) is 22.0 Å². The fraction of sp³-hybridized carbons (Fsp3) is 0.556. The second-order valence-electron chi connectivity index (χ2n) is 10.4. The van der Waals surface area contributed by atoms with Gasteiger partial charge in [0.05, 0.1) is 38.3 Å². The minimum atomic E-state index is -5.56. The van der Waals surface area contributed by atoms with Crippen molar-refractivity contribution in [2.75, 3.05) is 39.9 Å². The molecule has 1 aromatic heterocycles. The van der Waals surface area contributed by atoms with Crippen LogP contribution in [0.25, 0.3) is 11.3 Å². The van der Waals surface area contributed by atoms with Gasteiger partial charge in [0.2, 0.25) is 5.88 Å². The van der Waals surface area contributed by atoms with E-state index in [9.17, 15) is 31.5 Å². The number of methoxy groups -OCH3 is 1. The Balaban J connectivity index is 1.28. The third-order valence-corrected chi connectivity index (χ3v) is 7.58. The van der Waals surface area contributed by atoms with Crippen molar-refractivity contribution >= 4 is 11.9 Å². The van der Waals surface area contributed by atoms with Crippen LogP contribution < -0.4 is 4.74 Å². The number of likely N-dealkylation sites (tertiary alicyclic amines) is 2. The second kappa shape index (κ2) is 11.6. The highest BCUT2D eigenvalue weighted by atomic mass is 19.4. The summed E-state index contributed by atoms with van der Waals surface area (Å²) in [5.41, 5.74) is 0.702. The molecule has 1 aromatic carbocycles. The SMILES string of the molecule is COC(=O)C1(C)CCCN1C(=O)c1ccc(-c2cnc(OCC3CCN(CC(F)(F)C(F)(F)F)CC3)cn2)cc1. The predicted molar refractivity (Wildman–Crippen MR) is 134 cm³/mol. The zero-order chi connectivity index (χ0) is 29.1. The summed E-state index contributed by atoms with van der Waals surface area (Å²) < 4.78 is 74.5. The van der Waals surface area contributed by atoms with Crippen LogP contribution in [-0.4, -0.2) is 89.2 Å². The highest BCUT2D eigenvalue weighted by molar-refractivity contribution is 5.98. The molecule has 13 heteroatoms. The Morgan fingerprint density at radius 2 is 1.70 bits per heavy atom. The summed E-state index contributed by atoms with van der Waals surface area (Å²) in [4.78, 5) is 36.6. The molecule has 218 valence electrons. The molecule has 0 saturated carbocycles. The lowest BCUT2D eigenvalue weighted by atomic mass is 9.97. The summed E-state index contributed by atoms with van der Waals surface area (Å²) in [5.74, 6) is -5.17. The van der Waals surface area contributed by atoms with Crippen LogP contribution in [0.5, 0.6) is 5.88 Å². The number of ether oxygens (including phenoxy) is 2.